The molecule has 0 bridgehead atoms. The average molecular weight is 293 g/mol. The summed E-state index contributed by atoms with van der Waals surface area (Å²) in [6.07, 6.45) is 0. The first-order valence-corrected chi connectivity index (χ1v) is 6.90. The van der Waals surface area contributed by atoms with Crippen LogP contribution in [0, 0.1) is 5.82 Å². The first-order valence-electron chi connectivity index (χ1n) is 5.71. The molecule has 19 heavy (non-hydrogen) atoms. The van der Waals surface area contributed by atoms with Crippen molar-refractivity contribution >= 4 is 38.8 Å². The molecule has 1 heterocycles. The summed E-state index contributed by atoms with van der Waals surface area (Å²) in [5.41, 5.74) is 2.48. The number of thiazole rings is 1. The van der Waals surface area contributed by atoms with Gasteiger partial charge in [0.2, 0.25) is 0 Å². The van der Waals surface area contributed by atoms with E-state index in [9.17, 15) is 4.39 Å². The van der Waals surface area contributed by atoms with Crippen LogP contribution in [0.3, 0.4) is 0 Å². The summed E-state index contributed by atoms with van der Waals surface area (Å²) in [6.45, 7) is 0. The molecule has 1 aromatic heterocycles. The van der Waals surface area contributed by atoms with Crippen LogP contribution in [-0.4, -0.2) is 12.0 Å². The second kappa shape index (κ2) is 4.79. The van der Waals surface area contributed by atoms with Gasteiger partial charge in [-0.25, -0.2) is 9.37 Å². The lowest BCUT2D eigenvalue weighted by Crippen LogP contribution is -1.88. The molecule has 0 radical (unpaired) electrons. The Labute approximate surface area is 118 Å². The SMILES string of the molecule is CNc1ccc(-c2nc3cc(F)ccc3s2)cc1Cl. The van der Waals surface area contributed by atoms with Gasteiger partial charge in [0, 0.05) is 18.7 Å². The molecule has 3 aromatic rings. The summed E-state index contributed by atoms with van der Waals surface area (Å²) >= 11 is 7.68. The fraction of sp³-hybridized carbons (Fsp3) is 0.0714. The molecule has 3 rings (SSSR count). The average Bonchev–Trinajstić information content (AvgIpc) is 2.81. The second-order valence-electron chi connectivity index (χ2n) is 4.08. The highest BCUT2D eigenvalue weighted by Crippen LogP contribution is 2.33. The smallest absolute Gasteiger partial charge is 0.125 e. The topological polar surface area (TPSA) is 24.9 Å². The van der Waals surface area contributed by atoms with Crippen molar-refractivity contribution in [2.24, 2.45) is 0 Å². The van der Waals surface area contributed by atoms with Crippen LogP contribution in [0.2, 0.25) is 5.02 Å². The van der Waals surface area contributed by atoms with Crippen molar-refractivity contribution in [3.8, 4) is 10.6 Å². The largest absolute Gasteiger partial charge is 0.387 e. The van der Waals surface area contributed by atoms with Gasteiger partial charge in [-0.05, 0) is 30.3 Å². The Morgan fingerprint density at radius 2 is 2.05 bits per heavy atom. The van der Waals surface area contributed by atoms with E-state index in [1.807, 2.05) is 25.2 Å². The van der Waals surface area contributed by atoms with E-state index in [1.54, 1.807) is 6.07 Å². The van der Waals surface area contributed by atoms with E-state index < -0.39 is 0 Å². The zero-order valence-corrected chi connectivity index (χ0v) is 11.6. The van der Waals surface area contributed by atoms with Crippen molar-refractivity contribution in [2.75, 3.05) is 12.4 Å². The van der Waals surface area contributed by atoms with Crippen molar-refractivity contribution in [1.82, 2.24) is 4.98 Å². The molecule has 0 aliphatic heterocycles. The molecule has 0 fully saturated rings. The van der Waals surface area contributed by atoms with Gasteiger partial charge in [0.05, 0.1) is 20.9 Å². The van der Waals surface area contributed by atoms with E-state index in [-0.39, 0.29) is 5.82 Å². The molecule has 0 spiro atoms. The van der Waals surface area contributed by atoms with Gasteiger partial charge < -0.3 is 5.32 Å². The molecule has 0 saturated heterocycles. The van der Waals surface area contributed by atoms with Gasteiger partial charge in [0.15, 0.2) is 0 Å². The van der Waals surface area contributed by atoms with Gasteiger partial charge in [-0.1, -0.05) is 11.6 Å². The van der Waals surface area contributed by atoms with Crippen LogP contribution < -0.4 is 5.32 Å². The van der Waals surface area contributed by atoms with Crippen LogP contribution in [0.25, 0.3) is 20.8 Å². The van der Waals surface area contributed by atoms with E-state index in [1.165, 1.54) is 23.5 Å². The number of benzene rings is 2. The van der Waals surface area contributed by atoms with Crippen molar-refractivity contribution in [3.05, 3.63) is 47.2 Å². The molecule has 0 unspecified atom stereocenters. The van der Waals surface area contributed by atoms with Gasteiger partial charge in [0.25, 0.3) is 0 Å². The summed E-state index contributed by atoms with van der Waals surface area (Å²) in [7, 11) is 1.82. The van der Waals surface area contributed by atoms with Crippen LogP contribution >= 0.6 is 22.9 Å². The fourth-order valence-electron chi connectivity index (χ4n) is 1.87. The Balaban J connectivity index is 2.11. The predicted molar refractivity (Wildman–Crippen MR) is 79.6 cm³/mol. The molecule has 2 aromatic carbocycles. The third kappa shape index (κ3) is 2.29. The maximum atomic E-state index is 13.1. The maximum Gasteiger partial charge on any atom is 0.125 e. The number of aromatic nitrogens is 1. The molecule has 1 N–H and O–H groups in total. The van der Waals surface area contributed by atoms with Gasteiger partial charge in [-0.15, -0.1) is 11.3 Å². The van der Waals surface area contributed by atoms with Crippen LogP contribution in [0.15, 0.2) is 36.4 Å². The Morgan fingerprint density at radius 3 is 2.79 bits per heavy atom. The van der Waals surface area contributed by atoms with E-state index >= 15 is 0 Å². The van der Waals surface area contributed by atoms with Crippen molar-refractivity contribution in [1.29, 1.82) is 0 Å². The predicted octanol–water partition coefficient (Wildman–Crippen LogP) is 4.80. The first-order chi connectivity index (χ1) is 9.17. The molecule has 0 aliphatic rings. The molecule has 0 amide bonds. The third-order valence-electron chi connectivity index (χ3n) is 2.83. The van der Waals surface area contributed by atoms with Gasteiger partial charge in [-0.3, -0.25) is 0 Å². The lowest BCUT2D eigenvalue weighted by Gasteiger charge is -2.04. The first kappa shape index (κ1) is 12.4. The van der Waals surface area contributed by atoms with Crippen molar-refractivity contribution in [2.45, 2.75) is 0 Å². The number of fused-ring (bicyclic) bond motifs is 1. The van der Waals surface area contributed by atoms with E-state index in [0.717, 1.165) is 21.0 Å². The normalized spacial score (nSPS) is 10.9. The fourth-order valence-corrected chi connectivity index (χ4v) is 3.09. The zero-order valence-electron chi connectivity index (χ0n) is 10.1. The number of rotatable bonds is 2. The number of hydrogen-bond acceptors (Lipinski definition) is 3. The van der Waals surface area contributed by atoms with Gasteiger partial charge >= 0.3 is 0 Å². The molecule has 96 valence electrons. The number of hydrogen-bond donors (Lipinski definition) is 1. The number of halogens is 2. The highest BCUT2D eigenvalue weighted by Gasteiger charge is 2.09. The zero-order chi connectivity index (χ0) is 13.4. The molecule has 0 saturated carbocycles. The monoisotopic (exact) mass is 292 g/mol. The number of nitrogens with one attached hydrogen (secondary N) is 1. The lowest BCUT2D eigenvalue weighted by atomic mass is 10.2. The Bertz CT molecular complexity index is 754. The summed E-state index contributed by atoms with van der Waals surface area (Å²) in [4.78, 5) is 4.44. The summed E-state index contributed by atoms with van der Waals surface area (Å²) in [6, 6.07) is 10.4. The molecular weight excluding hydrogens is 283 g/mol. The molecule has 0 aliphatic carbocycles. The molecule has 5 heteroatoms. The van der Waals surface area contributed by atoms with Crippen LogP contribution in [0.5, 0.6) is 0 Å². The lowest BCUT2D eigenvalue weighted by molar-refractivity contribution is 0.629. The number of nitrogens with zero attached hydrogens (tertiary/aromatic N) is 1. The summed E-state index contributed by atoms with van der Waals surface area (Å²) < 4.78 is 14.1. The van der Waals surface area contributed by atoms with Crippen LogP contribution in [0.1, 0.15) is 0 Å². The van der Waals surface area contributed by atoms with Crippen LogP contribution in [0.4, 0.5) is 10.1 Å². The minimum absolute atomic E-state index is 0.270. The van der Waals surface area contributed by atoms with Crippen molar-refractivity contribution in [3.63, 3.8) is 0 Å². The highest BCUT2D eigenvalue weighted by molar-refractivity contribution is 7.21. The van der Waals surface area contributed by atoms with Crippen LogP contribution in [-0.2, 0) is 0 Å². The maximum absolute atomic E-state index is 13.1. The van der Waals surface area contributed by atoms with E-state index in [2.05, 4.69) is 10.3 Å². The minimum Gasteiger partial charge on any atom is -0.387 e. The summed E-state index contributed by atoms with van der Waals surface area (Å²) in [5.74, 6) is -0.270. The molecular formula is C14H10ClFN2S. The minimum atomic E-state index is -0.270. The Hall–Kier alpha value is -1.65. The number of anilines is 1. The van der Waals surface area contributed by atoms with Gasteiger partial charge in [0.1, 0.15) is 10.8 Å². The highest BCUT2D eigenvalue weighted by atomic mass is 35.5. The standard InChI is InChI=1S/C14H10ClFN2S/c1-17-11-4-2-8(6-10(11)15)14-18-12-7-9(16)3-5-13(12)19-14/h2-7,17H,1H3. The van der Waals surface area contributed by atoms with Crippen molar-refractivity contribution < 1.29 is 4.39 Å². The Kier molecular flexibility index (Phi) is 3.12. The van der Waals surface area contributed by atoms with E-state index in [4.69, 9.17) is 11.6 Å². The second-order valence-corrected chi connectivity index (χ2v) is 5.51. The summed E-state index contributed by atoms with van der Waals surface area (Å²) in [5, 5.41) is 4.49. The Morgan fingerprint density at radius 1 is 1.21 bits per heavy atom. The third-order valence-corrected chi connectivity index (χ3v) is 4.23. The quantitative estimate of drug-likeness (QED) is 0.734. The van der Waals surface area contributed by atoms with E-state index in [0.29, 0.717) is 10.5 Å². The molecule has 2 nitrogen and oxygen atoms in total. The van der Waals surface area contributed by atoms with Gasteiger partial charge in [-0.2, -0.15) is 0 Å². The molecule has 0 atom stereocenters.